The molecule has 1 rings (SSSR count). The molecule has 0 aliphatic carbocycles. The summed E-state index contributed by atoms with van der Waals surface area (Å²) in [5, 5.41) is 2.61. The van der Waals surface area contributed by atoms with Crippen LogP contribution in [0.2, 0.25) is 0 Å². The molecular weight excluding hydrogens is 292 g/mol. The lowest BCUT2D eigenvalue weighted by Gasteiger charge is -2.01. The molecule has 1 aromatic carbocycles. The summed E-state index contributed by atoms with van der Waals surface area (Å²) < 4.78 is 26.5. The quantitative estimate of drug-likeness (QED) is 0.850. The molecule has 0 aliphatic heterocycles. The minimum Gasteiger partial charge on any atom is -0.356 e. The van der Waals surface area contributed by atoms with E-state index >= 15 is 0 Å². The Labute approximate surface area is 107 Å². The molecule has 92 valence electrons. The number of halogens is 3. The molecule has 1 N–H and O–H groups in total. The van der Waals surface area contributed by atoms with Gasteiger partial charge in [-0.1, -0.05) is 12.2 Å². The molecule has 2 nitrogen and oxygen atoms in total. The van der Waals surface area contributed by atoms with Crippen molar-refractivity contribution in [1.29, 1.82) is 0 Å². The van der Waals surface area contributed by atoms with Gasteiger partial charge in [-0.25, -0.2) is 8.78 Å². The number of hydrogen-bond acceptors (Lipinski definition) is 1. The highest BCUT2D eigenvalue weighted by Gasteiger charge is 2.06. The summed E-state index contributed by atoms with van der Waals surface area (Å²) in [6.45, 7) is 1.92. The van der Waals surface area contributed by atoms with Crippen molar-refractivity contribution in [2.24, 2.45) is 0 Å². The van der Waals surface area contributed by atoms with Gasteiger partial charge in [0, 0.05) is 29.6 Å². The first kappa shape index (κ1) is 13.8. The average molecular weight is 304 g/mol. The number of carbonyl (C=O) groups excluding carboxylic acids is 1. The fraction of sp³-hybridized carbons (Fsp3) is 0.250. The fourth-order valence-corrected chi connectivity index (χ4v) is 1.79. The van der Waals surface area contributed by atoms with Crippen LogP contribution in [0.25, 0.3) is 6.08 Å². The molecule has 0 heterocycles. The van der Waals surface area contributed by atoms with E-state index in [9.17, 15) is 13.6 Å². The zero-order chi connectivity index (χ0) is 12.8. The monoisotopic (exact) mass is 303 g/mol. The highest BCUT2D eigenvalue weighted by molar-refractivity contribution is 9.10. The third kappa shape index (κ3) is 4.65. The van der Waals surface area contributed by atoms with Crippen molar-refractivity contribution in [1.82, 2.24) is 5.32 Å². The maximum Gasteiger partial charge on any atom is 0.216 e. The minimum atomic E-state index is -0.621. The van der Waals surface area contributed by atoms with Crippen LogP contribution >= 0.6 is 15.9 Å². The smallest absolute Gasteiger partial charge is 0.216 e. The molecule has 1 aromatic rings. The maximum absolute atomic E-state index is 13.4. The Morgan fingerprint density at radius 1 is 1.47 bits per heavy atom. The Balaban J connectivity index is 2.62. The van der Waals surface area contributed by atoms with Crippen molar-refractivity contribution < 1.29 is 13.6 Å². The van der Waals surface area contributed by atoms with E-state index in [4.69, 9.17) is 0 Å². The van der Waals surface area contributed by atoms with E-state index in [1.165, 1.54) is 13.0 Å². The van der Waals surface area contributed by atoms with Crippen molar-refractivity contribution in [3.8, 4) is 0 Å². The molecule has 0 bridgehead atoms. The largest absolute Gasteiger partial charge is 0.356 e. The van der Waals surface area contributed by atoms with Crippen LogP contribution in [0, 0.1) is 11.6 Å². The van der Waals surface area contributed by atoms with E-state index in [1.54, 1.807) is 12.2 Å². The number of hydrogen-bond donors (Lipinski definition) is 1. The molecule has 17 heavy (non-hydrogen) atoms. The first-order valence-corrected chi connectivity index (χ1v) is 5.85. The maximum atomic E-state index is 13.4. The summed E-state index contributed by atoms with van der Waals surface area (Å²) in [5.41, 5.74) is 0.300. The Kier molecular flexibility index (Phi) is 5.28. The minimum absolute atomic E-state index is 0.104. The lowest BCUT2D eigenvalue weighted by Crippen LogP contribution is -2.20. The number of nitrogens with one attached hydrogen (secondary N) is 1. The second kappa shape index (κ2) is 6.49. The van der Waals surface area contributed by atoms with Crippen LogP contribution in [-0.4, -0.2) is 12.5 Å². The van der Waals surface area contributed by atoms with Crippen molar-refractivity contribution >= 4 is 27.9 Å². The summed E-state index contributed by atoms with van der Waals surface area (Å²) in [6.07, 6.45) is 3.86. The van der Waals surface area contributed by atoms with E-state index in [1.807, 2.05) is 0 Å². The predicted octanol–water partition coefficient (Wildman–Crippen LogP) is 3.27. The molecule has 0 saturated carbocycles. The van der Waals surface area contributed by atoms with Crippen LogP contribution in [-0.2, 0) is 4.79 Å². The van der Waals surface area contributed by atoms with Crippen LogP contribution in [0.5, 0.6) is 0 Å². The summed E-state index contributed by atoms with van der Waals surface area (Å²) >= 11 is 3.09. The standard InChI is InChI=1S/C12H12BrF2NO/c1-8(17)16-5-3-2-4-10-11(13)6-9(14)7-12(10)15/h2,4,6-7H,3,5H2,1H3,(H,16,17). The van der Waals surface area contributed by atoms with Gasteiger partial charge in [0.2, 0.25) is 5.91 Å². The lowest BCUT2D eigenvalue weighted by molar-refractivity contribution is -0.118. The highest BCUT2D eigenvalue weighted by Crippen LogP contribution is 2.22. The van der Waals surface area contributed by atoms with Crippen molar-refractivity contribution in [3.05, 3.63) is 39.9 Å². The number of benzene rings is 1. The van der Waals surface area contributed by atoms with Gasteiger partial charge in [-0.3, -0.25) is 4.79 Å². The van der Waals surface area contributed by atoms with Gasteiger partial charge in [0.1, 0.15) is 11.6 Å². The normalized spacial score (nSPS) is 10.8. The zero-order valence-corrected chi connectivity index (χ0v) is 10.9. The molecular formula is C12H12BrF2NO. The molecule has 0 saturated heterocycles. The molecule has 0 spiro atoms. The topological polar surface area (TPSA) is 29.1 Å². The van der Waals surface area contributed by atoms with Gasteiger partial charge in [-0.05, 0) is 28.4 Å². The van der Waals surface area contributed by atoms with Crippen LogP contribution in [0.4, 0.5) is 8.78 Å². The molecule has 1 amide bonds. The third-order valence-electron chi connectivity index (χ3n) is 2.01. The van der Waals surface area contributed by atoms with Crippen LogP contribution in [0.3, 0.4) is 0 Å². The molecule has 0 aromatic heterocycles. The first-order chi connectivity index (χ1) is 8.00. The molecule has 0 atom stereocenters. The predicted molar refractivity (Wildman–Crippen MR) is 66.4 cm³/mol. The second-order valence-corrected chi connectivity index (χ2v) is 4.31. The van der Waals surface area contributed by atoms with Crippen LogP contribution in [0.15, 0.2) is 22.7 Å². The van der Waals surface area contributed by atoms with E-state index in [0.29, 0.717) is 23.0 Å². The highest BCUT2D eigenvalue weighted by atomic mass is 79.9. The zero-order valence-electron chi connectivity index (χ0n) is 9.27. The molecule has 0 radical (unpaired) electrons. The Bertz CT molecular complexity index is 423. The van der Waals surface area contributed by atoms with E-state index in [2.05, 4.69) is 21.2 Å². The molecule has 0 aliphatic rings. The first-order valence-electron chi connectivity index (χ1n) is 5.06. The van der Waals surface area contributed by atoms with Crippen LogP contribution < -0.4 is 5.32 Å². The summed E-state index contributed by atoms with van der Waals surface area (Å²) in [6, 6.07) is 2.04. The van der Waals surface area contributed by atoms with Gasteiger partial charge >= 0.3 is 0 Å². The van der Waals surface area contributed by atoms with Gasteiger partial charge < -0.3 is 5.32 Å². The third-order valence-corrected chi connectivity index (χ3v) is 2.67. The van der Waals surface area contributed by atoms with Gasteiger partial charge in [0.15, 0.2) is 0 Å². The SMILES string of the molecule is CC(=O)NCCC=Cc1c(F)cc(F)cc1Br. The fourth-order valence-electron chi connectivity index (χ4n) is 1.25. The average Bonchev–Trinajstić information content (AvgIpc) is 2.20. The Morgan fingerprint density at radius 2 is 2.18 bits per heavy atom. The van der Waals surface area contributed by atoms with Crippen molar-refractivity contribution in [2.45, 2.75) is 13.3 Å². The van der Waals surface area contributed by atoms with Gasteiger partial charge in [-0.15, -0.1) is 0 Å². The van der Waals surface area contributed by atoms with Crippen molar-refractivity contribution in [2.75, 3.05) is 6.54 Å². The van der Waals surface area contributed by atoms with E-state index in [-0.39, 0.29) is 5.91 Å². The number of amides is 1. The summed E-state index contributed by atoms with van der Waals surface area (Å²) in [4.78, 5) is 10.6. The van der Waals surface area contributed by atoms with Gasteiger partial charge in [0.05, 0.1) is 0 Å². The van der Waals surface area contributed by atoms with Crippen molar-refractivity contribution in [3.63, 3.8) is 0 Å². The van der Waals surface area contributed by atoms with E-state index < -0.39 is 11.6 Å². The lowest BCUT2D eigenvalue weighted by atomic mass is 10.2. The van der Waals surface area contributed by atoms with E-state index in [0.717, 1.165) is 6.07 Å². The molecule has 0 unspecified atom stereocenters. The molecule has 5 heteroatoms. The van der Waals surface area contributed by atoms with Gasteiger partial charge in [0.25, 0.3) is 0 Å². The Morgan fingerprint density at radius 3 is 2.76 bits per heavy atom. The summed E-state index contributed by atoms with van der Waals surface area (Å²) in [7, 11) is 0. The Hall–Kier alpha value is -1.23. The van der Waals surface area contributed by atoms with Crippen LogP contribution in [0.1, 0.15) is 18.9 Å². The molecule has 0 fully saturated rings. The number of carbonyl (C=O) groups is 1. The van der Waals surface area contributed by atoms with Gasteiger partial charge in [-0.2, -0.15) is 0 Å². The number of rotatable bonds is 4. The second-order valence-electron chi connectivity index (χ2n) is 3.46. The summed E-state index contributed by atoms with van der Waals surface area (Å²) in [5.74, 6) is -1.34.